The summed E-state index contributed by atoms with van der Waals surface area (Å²) in [6.45, 7) is 9.22. The van der Waals surface area contributed by atoms with E-state index in [4.69, 9.17) is 21.1 Å². The lowest BCUT2D eigenvalue weighted by Gasteiger charge is -2.22. The topological polar surface area (TPSA) is 42.1 Å². The zero-order chi connectivity index (χ0) is 27.7. The molecule has 214 valence electrons. The average molecular weight is 601 g/mol. The number of ether oxygens (including phenoxy) is 2. The Morgan fingerprint density at radius 3 is 2.70 bits per heavy atom. The molecule has 0 amide bonds. The number of allylic oxidation sites excluding steroid dienone is 2. The fourth-order valence-corrected chi connectivity index (χ4v) is 6.99. The number of epoxide rings is 1. The van der Waals surface area contributed by atoms with Crippen LogP contribution in [0, 0.1) is 5.92 Å². The van der Waals surface area contributed by atoms with Crippen molar-refractivity contribution < 1.29 is 14.3 Å². The van der Waals surface area contributed by atoms with Crippen molar-refractivity contribution in [1.82, 2.24) is 4.90 Å². The Kier molecular flexibility index (Phi) is 9.95. The minimum atomic E-state index is -0.233. The maximum absolute atomic E-state index is 11.7. The van der Waals surface area contributed by atoms with E-state index >= 15 is 0 Å². The van der Waals surface area contributed by atoms with Crippen molar-refractivity contribution in [3.8, 4) is 0 Å². The molecule has 2 saturated heterocycles. The van der Waals surface area contributed by atoms with E-state index in [1.807, 2.05) is 17.8 Å². The van der Waals surface area contributed by atoms with Gasteiger partial charge in [0.1, 0.15) is 12.2 Å². The van der Waals surface area contributed by atoms with Gasteiger partial charge in [0, 0.05) is 32.8 Å². The number of fused-ring (bicyclic) bond motifs is 5. The lowest BCUT2D eigenvalue weighted by molar-refractivity contribution is -0.140. The quantitative estimate of drug-likeness (QED) is 0.131. The van der Waals surface area contributed by atoms with E-state index in [1.165, 1.54) is 32.1 Å². The Labute approximate surface area is 254 Å². The molecule has 40 heavy (non-hydrogen) atoms. The highest BCUT2D eigenvalue weighted by Gasteiger charge is 2.61. The molecule has 3 heterocycles. The molecule has 1 aliphatic carbocycles. The van der Waals surface area contributed by atoms with E-state index in [1.54, 1.807) is 0 Å². The first kappa shape index (κ1) is 30.9. The van der Waals surface area contributed by atoms with Gasteiger partial charge < -0.3 is 14.4 Å². The molecular weight excluding hydrogens is 561 g/mol. The van der Waals surface area contributed by atoms with Crippen LogP contribution in [0.5, 0.6) is 0 Å². The molecule has 4 nitrogen and oxygen atoms in total. The predicted molar refractivity (Wildman–Crippen MR) is 168 cm³/mol. The smallest absolute Gasteiger partial charge is 0.334 e. The largest absolute Gasteiger partial charge is 0.455 e. The van der Waals surface area contributed by atoms with Gasteiger partial charge in [0.05, 0.1) is 5.60 Å². The van der Waals surface area contributed by atoms with Crippen molar-refractivity contribution in [3.63, 3.8) is 0 Å². The van der Waals surface area contributed by atoms with Crippen molar-refractivity contribution in [2.45, 2.75) is 73.6 Å². The van der Waals surface area contributed by atoms with Crippen LogP contribution in [-0.4, -0.2) is 49.3 Å². The summed E-state index contributed by atoms with van der Waals surface area (Å²) in [5.74, 6) is -0.102. The number of hydrogen-bond donors (Lipinski definition) is 0. The van der Waals surface area contributed by atoms with Gasteiger partial charge in [-0.3, -0.25) is 0 Å². The summed E-state index contributed by atoms with van der Waals surface area (Å²) in [7, 11) is 4.21. The van der Waals surface area contributed by atoms with E-state index in [-0.39, 0.29) is 42.1 Å². The summed E-state index contributed by atoms with van der Waals surface area (Å²) < 4.78 is 11.3. The number of benzene rings is 2. The van der Waals surface area contributed by atoms with Crippen LogP contribution in [0.3, 0.4) is 0 Å². The Morgan fingerprint density at radius 2 is 1.93 bits per heavy atom. The minimum absolute atomic E-state index is 0. The van der Waals surface area contributed by atoms with Gasteiger partial charge in [-0.2, -0.15) is 0 Å². The molecule has 2 aromatic carbocycles. The summed E-state index contributed by atoms with van der Waals surface area (Å²) in [4.78, 5) is 16.5. The van der Waals surface area contributed by atoms with Crippen molar-refractivity contribution >= 4 is 47.3 Å². The van der Waals surface area contributed by atoms with Gasteiger partial charge in [-0.1, -0.05) is 65.9 Å². The maximum atomic E-state index is 11.7. The van der Waals surface area contributed by atoms with E-state index in [0.29, 0.717) is 5.57 Å². The lowest BCUT2D eigenvalue weighted by Crippen LogP contribution is -2.28. The predicted octanol–water partition coefficient (Wildman–Crippen LogP) is 8.37. The van der Waals surface area contributed by atoms with Crippen LogP contribution in [-0.2, 0) is 14.3 Å². The zero-order valence-electron chi connectivity index (χ0n) is 23.7. The minimum Gasteiger partial charge on any atom is -0.455 e. The van der Waals surface area contributed by atoms with Gasteiger partial charge in [0.2, 0.25) is 0 Å². The molecule has 6 rings (SSSR count). The number of esters is 1. The molecule has 0 N–H and O–H groups in total. The first-order valence-electron chi connectivity index (χ1n) is 13.8. The zero-order valence-corrected chi connectivity index (χ0v) is 26.1. The van der Waals surface area contributed by atoms with Gasteiger partial charge in [-0.05, 0) is 101 Å². The van der Waals surface area contributed by atoms with Crippen LogP contribution in [0.1, 0.15) is 57.1 Å². The molecule has 3 aliphatic heterocycles. The summed E-state index contributed by atoms with van der Waals surface area (Å²) >= 11 is 8.03. The number of nitrogens with zero attached hydrogens (tertiary/aromatic N) is 1. The maximum Gasteiger partial charge on any atom is 0.334 e. The Hall–Kier alpha value is -2.02. The average Bonchev–Trinajstić information content (AvgIpc) is 3.49. The molecule has 4 unspecified atom stereocenters. The molecule has 4 atom stereocenters. The molecular formula is C33H39Cl2NO3S. The van der Waals surface area contributed by atoms with Crippen molar-refractivity contribution in [2.24, 2.45) is 5.92 Å². The molecule has 4 aliphatic rings. The molecule has 7 heteroatoms. The monoisotopic (exact) mass is 599 g/mol. The van der Waals surface area contributed by atoms with Crippen LogP contribution >= 0.6 is 35.8 Å². The summed E-state index contributed by atoms with van der Waals surface area (Å²) in [6, 6.07) is 14.8. The summed E-state index contributed by atoms with van der Waals surface area (Å²) in [5.41, 5.74) is 5.79. The Balaban J connectivity index is 0.000000182. The normalized spacial score (nSPS) is 27.6. The molecule has 0 spiro atoms. The fraction of sp³-hybridized carbons (Fsp3) is 0.424. The number of halogens is 2. The van der Waals surface area contributed by atoms with E-state index in [0.717, 1.165) is 43.7 Å². The molecule has 0 bridgehead atoms. The van der Waals surface area contributed by atoms with Crippen LogP contribution in [0.4, 0.5) is 0 Å². The molecule has 2 fully saturated rings. The summed E-state index contributed by atoms with van der Waals surface area (Å²) in [6.07, 6.45) is 9.63. The molecule has 2 aromatic rings. The Morgan fingerprint density at radius 1 is 1.18 bits per heavy atom. The van der Waals surface area contributed by atoms with Crippen LogP contribution < -0.4 is 0 Å². The first-order valence-corrected chi connectivity index (χ1v) is 15.0. The summed E-state index contributed by atoms with van der Waals surface area (Å²) in [5, 5.41) is 0.798. The molecule has 0 saturated carbocycles. The van der Waals surface area contributed by atoms with Gasteiger partial charge in [0.25, 0.3) is 0 Å². The second-order valence-corrected chi connectivity index (χ2v) is 12.9. The van der Waals surface area contributed by atoms with E-state index in [2.05, 4.69) is 88.0 Å². The third-order valence-corrected chi connectivity index (χ3v) is 9.51. The van der Waals surface area contributed by atoms with Crippen LogP contribution in [0.25, 0.3) is 5.57 Å². The standard InChI is InChI=1S/C18H18ClNS.C15H20O3.ClH/c1-20(2)11-5-7-14-15-6-3-4-8-17(15)21-18-10-9-13(19)12-16(14)18;1-9-5-4-8-15(3)13(18-15)12-11(7-6-9)10(2)14(16)17-12;/h3-4,6-10,12H,5,11H2,1-2H3;5,11-13H,2,4,6-8H2,1,3H3;1H. The fourth-order valence-electron chi connectivity index (χ4n) is 5.73. The van der Waals surface area contributed by atoms with Crippen LogP contribution in [0.15, 0.2) is 82.1 Å². The van der Waals surface area contributed by atoms with Gasteiger partial charge in [-0.15, -0.1) is 12.4 Å². The van der Waals surface area contributed by atoms with Crippen molar-refractivity contribution in [1.29, 1.82) is 0 Å². The second-order valence-electron chi connectivity index (χ2n) is 11.4. The highest BCUT2D eigenvalue weighted by Crippen LogP contribution is 2.50. The van der Waals surface area contributed by atoms with Gasteiger partial charge in [-0.25, -0.2) is 4.79 Å². The van der Waals surface area contributed by atoms with Crippen LogP contribution in [0.2, 0.25) is 5.02 Å². The van der Waals surface area contributed by atoms with Crippen molar-refractivity contribution in [3.05, 3.63) is 88.5 Å². The third-order valence-electron chi connectivity index (χ3n) is 8.13. The number of carbonyl (C=O) groups excluding carboxylic acids is 1. The van der Waals surface area contributed by atoms with Gasteiger partial charge in [0.15, 0.2) is 0 Å². The number of carbonyl (C=O) groups is 1. The third kappa shape index (κ3) is 6.71. The van der Waals surface area contributed by atoms with E-state index in [9.17, 15) is 4.79 Å². The highest BCUT2D eigenvalue weighted by molar-refractivity contribution is 7.99. The number of rotatable bonds is 3. The molecule has 0 radical (unpaired) electrons. The first-order chi connectivity index (χ1) is 18.7. The molecule has 0 aromatic heterocycles. The SMILES string of the molecule is C=C1C(=O)OC2C1CCC(C)=CCCC1(C)OC21.CN(C)CCC=C1c2ccccc2Sc2ccc(Cl)cc21.Cl. The van der Waals surface area contributed by atoms with Crippen molar-refractivity contribution in [2.75, 3.05) is 20.6 Å². The Bertz CT molecular complexity index is 1340. The van der Waals surface area contributed by atoms with Gasteiger partial charge >= 0.3 is 5.97 Å². The number of hydrogen-bond acceptors (Lipinski definition) is 5. The highest BCUT2D eigenvalue weighted by atomic mass is 35.5. The second kappa shape index (κ2) is 12.9. The van der Waals surface area contributed by atoms with E-state index < -0.39 is 0 Å². The lowest BCUT2D eigenvalue weighted by atomic mass is 9.84.